The molecule has 0 saturated heterocycles. The summed E-state index contributed by atoms with van der Waals surface area (Å²) >= 11 is 0. The Morgan fingerprint density at radius 1 is 1.42 bits per heavy atom. The average molecular weight is 161 g/mol. The Balaban J connectivity index is 3.04. The summed E-state index contributed by atoms with van der Waals surface area (Å²) in [7, 11) is 0. The molecular formula is C11H15N. The highest BCUT2D eigenvalue weighted by Gasteiger charge is 2.00. The van der Waals surface area contributed by atoms with Crippen LogP contribution in [0, 0.1) is 0 Å². The largest absolute Gasteiger partial charge is 0.326 e. The van der Waals surface area contributed by atoms with Crippen molar-refractivity contribution in [3.63, 3.8) is 0 Å². The molecule has 2 N–H and O–H groups in total. The molecule has 0 heterocycles. The summed E-state index contributed by atoms with van der Waals surface area (Å²) in [6.07, 6.45) is 0.983. The number of nitrogens with two attached hydrogens (primary N) is 1. The van der Waals surface area contributed by atoms with Gasteiger partial charge >= 0.3 is 0 Å². The lowest BCUT2D eigenvalue weighted by Gasteiger charge is -2.07. The van der Waals surface area contributed by atoms with E-state index >= 15 is 0 Å². The summed E-state index contributed by atoms with van der Waals surface area (Å²) in [5, 5.41) is 0. The van der Waals surface area contributed by atoms with E-state index < -0.39 is 0 Å². The molecule has 1 heteroatoms. The molecule has 1 aromatic carbocycles. The number of benzene rings is 1. The summed E-state index contributed by atoms with van der Waals surface area (Å²) in [4.78, 5) is 0. The lowest BCUT2D eigenvalue weighted by atomic mass is 9.99. The zero-order chi connectivity index (χ0) is 8.97. The van der Waals surface area contributed by atoms with Gasteiger partial charge in [-0.05, 0) is 23.1 Å². The Hall–Kier alpha value is -1.08. The molecule has 0 bridgehead atoms. The summed E-state index contributed by atoms with van der Waals surface area (Å²) < 4.78 is 0. The highest BCUT2D eigenvalue weighted by molar-refractivity contribution is 5.65. The fourth-order valence-electron chi connectivity index (χ4n) is 1.23. The maximum atomic E-state index is 5.60. The van der Waals surface area contributed by atoms with Gasteiger partial charge in [0, 0.05) is 6.54 Å². The van der Waals surface area contributed by atoms with Crippen molar-refractivity contribution in [1.29, 1.82) is 0 Å². The first-order valence-electron chi connectivity index (χ1n) is 4.25. The van der Waals surface area contributed by atoms with Crippen molar-refractivity contribution in [2.75, 3.05) is 0 Å². The van der Waals surface area contributed by atoms with E-state index in [0.29, 0.717) is 6.54 Å². The lowest BCUT2D eigenvalue weighted by Crippen LogP contribution is -2.00. The summed E-state index contributed by atoms with van der Waals surface area (Å²) in [5.74, 6) is 0. The monoisotopic (exact) mass is 161 g/mol. The van der Waals surface area contributed by atoms with Gasteiger partial charge in [-0.25, -0.2) is 0 Å². The van der Waals surface area contributed by atoms with E-state index in [1.54, 1.807) is 0 Å². The minimum Gasteiger partial charge on any atom is -0.326 e. The van der Waals surface area contributed by atoms with E-state index in [0.717, 1.165) is 12.0 Å². The standard InChI is InChI=1S/C11H15N/c1-3-9(2)11-7-5-4-6-10(11)8-12/h4-7H,2-3,8,12H2,1H3. The van der Waals surface area contributed by atoms with E-state index in [1.165, 1.54) is 11.1 Å². The van der Waals surface area contributed by atoms with Gasteiger partial charge < -0.3 is 5.73 Å². The third-order valence-corrected chi connectivity index (χ3v) is 2.04. The molecule has 1 rings (SSSR count). The molecule has 12 heavy (non-hydrogen) atoms. The van der Waals surface area contributed by atoms with Crippen molar-refractivity contribution in [2.45, 2.75) is 19.9 Å². The molecule has 0 aliphatic carbocycles. The van der Waals surface area contributed by atoms with Crippen molar-refractivity contribution in [3.8, 4) is 0 Å². The van der Waals surface area contributed by atoms with Crippen LogP contribution in [-0.4, -0.2) is 0 Å². The quantitative estimate of drug-likeness (QED) is 0.724. The predicted molar refractivity (Wildman–Crippen MR) is 53.7 cm³/mol. The number of allylic oxidation sites excluding steroid dienone is 1. The highest BCUT2D eigenvalue weighted by atomic mass is 14.5. The molecule has 0 spiro atoms. The van der Waals surface area contributed by atoms with E-state index in [9.17, 15) is 0 Å². The minimum absolute atomic E-state index is 0.592. The first-order valence-corrected chi connectivity index (χ1v) is 4.25. The van der Waals surface area contributed by atoms with Crippen LogP contribution in [0.5, 0.6) is 0 Å². The van der Waals surface area contributed by atoms with Gasteiger partial charge in [-0.3, -0.25) is 0 Å². The van der Waals surface area contributed by atoms with Gasteiger partial charge in [0.1, 0.15) is 0 Å². The first-order chi connectivity index (χ1) is 5.79. The molecule has 0 amide bonds. The zero-order valence-corrected chi connectivity index (χ0v) is 7.51. The second-order valence-corrected chi connectivity index (χ2v) is 2.82. The number of hydrogen-bond acceptors (Lipinski definition) is 1. The van der Waals surface area contributed by atoms with E-state index in [-0.39, 0.29) is 0 Å². The van der Waals surface area contributed by atoms with Crippen molar-refractivity contribution in [2.24, 2.45) is 5.73 Å². The Kier molecular flexibility index (Phi) is 3.06. The maximum Gasteiger partial charge on any atom is 0.0184 e. The second-order valence-electron chi connectivity index (χ2n) is 2.82. The number of hydrogen-bond donors (Lipinski definition) is 1. The lowest BCUT2D eigenvalue weighted by molar-refractivity contribution is 1.06. The molecule has 0 unspecified atom stereocenters. The van der Waals surface area contributed by atoms with E-state index in [2.05, 4.69) is 25.6 Å². The summed E-state index contributed by atoms with van der Waals surface area (Å²) in [6.45, 7) is 6.70. The van der Waals surface area contributed by atoms with Crippen LogP contribution in [0.25, 0.3) is 5.57 Å². The van der Waals surface area contributed by atoms with Gasteiger partial charge in [0.15, 0.2) is 0 Å². The normalized spacial score (nSPS) is 9.83. The van der Waals surface area contributed by atoms with Crippen molar-refractivity contribution >= 4 is 5.57 Å². The third-order valence-electron chi connectivity index (χ3n) is 2.04. The SMILES string of the molecule is C=C(CC)c1ccccc1CN. The molecule has 0 aromatic heterocycles. The predicted octanol–water partition coefficient (Wildman–Crippen LogP) is 2.57. The first kappa shape index (κ1) is 9.01. The summed E-state index contributed by atoms with van der Waals surface area (Å²) in [6, 6.07) is 8.16. The van der Waals surface area contributed by atoms with Crippen LogP contribution >= 0.6 is 0 Å². The van der Waals surface area contributed by atoms with Crippen LogP contribution in [0.4, 0.5) is 0 Å². The molecule has 0 aliphatic heterocycles. The van der Waals surface area contributed by atoms with Crippen LogP contribution in [-0.2, 0) is 6.54 Å². The average Bonchev–Trinajstić information content (AvgIpc) is 2.16. The minimum atomic E-state index is 0.592. The van der Waals surface area contributed by atoms with Crippen LogP contribution in [0.3, 0.4) is 0 Å². The molecule has 1 nitrogen and oxygen atoms in total. The molecule has 0 aliphatic rings. The molecule has 0 radical (unpaired) electrons. The van der Waals surface area contributed by atoms with Gasteiger partial charge in [-0.1, -0.05) is 37.8 Å². The molecule has 64 valence electrons. The van der Waals surface area contributed by atoms with Crippen LogP contribution < -0.4 is 5.73 Å². The van der Waals surface area contributed by atoms with Gasteiger partial charge in [-0.2, -0.15) is 0 Å². The van der Waals surface area contributed by atoms with Crippen LogP contribution in [0.15, 0.2) is 30.8 Å². The van der Waals surface area contributed by atoms with Gasteiger partial charge in [-0.15, -0.1) is 0 Å². The van der Waals surface area contributed by atoms with Crippen molar-refractivity contribution in [1.82, 2.24) is 0 Å². The van der Waals surface area contributed by atoms with Gasteiger partial charge in [0.25, 0.3) is 0 Å². The topological polar surface area (TPSA) is 26.0 Å². The van der Waals surface area contributed by atoms with Gasteiger partial charge in [0.05, 0.1) is 0 Å². The maximum absolute atomic E-state index is 5.60. The smallest absolute Gasteiger partial charge is 0.0184 e. The molecule has 0 fully saturated rings. The Labute approximate surface area is 73.9 Å². The second kappa shape index (κ2) is 4.07. The molecule has 0 saturated carbocycles. The fraction of sp³-hybridized carbons (Fsp3) is 0.273. The van der Waals surface area contributed by atoms with Crippen molar-refractivity contribution < 1.29 is 0 Å². The number of rotatable bonds is 3. The molecular weight excluding hydrogens is 146 g/mol. The Bertz CT molecular complexity index is 276. The Morgan fingerprint density at radius 3 is 2.67 bits per heavy atom. The fourth-order valence-corrected chi connectivity index (χ4v) is 1.23. The van der Waals surface area contributed by atoms with Crippen LogP contribution in [0.1, 0.15) is 24.5 Å². The Morgan fingerprint density at radius 2 is 2.08 bits per heavy atom. The third kappa shape index (κ3) is 1.74. The molecule has 1 aromatic rings. The molecule has 0 atom stereocenters. The van der Waals surface area contributed by atoms with Gasteiger partial charge in [0.2, 0.25) is 0 Å². The van der Waals surface area contributed by atoms with E-state index in [1.807, 2.05) is 12.1 Å². The van der Waals surface area contributed by atoms with Crippen molar-refractivity contribution in [3.05, 3.63) is 42.0 Å². The van der Waals surface area contributed by atoms with Crippen LogP contribution in [0.2, 0.25) is 0 Å². The summed E-state index contributed by atoms with van der Waals surface area (Å²) in [5.41, 5.74) is 9.16. The van der Waals surface area contributed by atoms with E-state index in [4.69, 9.17) is 5.73 Å². The zero-order valence-electron chi connectivity index (χ0n) is 7.51. The highest BCUT2D eigenvalue weighted by Crippen LogP contribution is 2.19.